The molecule has 1 aromatic carbocycles. The molecule has 0 bridgehead atoms. The summed E-state index contributed by atoms with van der Waals surface area (Å²) in [6.07, 6.45) is 2.99. The van der Waals surface area contributed by atoms with Crippen LogP contribution in [0.15, 0.2) is 48.7 Å². The first-order valence-corrected chi connectivity index (χ1v) is 7.85. The average Bonchev–Trinajstić information content (AvgIpc) is 2.56. The highest BCUT2D eigenvalue weighted by Gasteiger charge is 2.27. The molecule has 0 aliphatic carbocycles. The summed E-state index contributed by atoms with van der Waals surface area (Å²) < 4.78 is 0. The third kappa shape index (κ3) is 6.63. The van der Waals surface area contributed by atoms with Gasteiger partial charge in [0.25, 0.3) is 5.91 Å². The molecule has 2 aromatic rings. The number of amides is 2. The number of rotatable bonds is 6. The van der Waals surface area contributed by atoms with Crippen molar-refractivity contribution in [1.29, 1.82) is 0 Å². The average molecular weight is 399 g/mol. The first-order valence-electron chi connectivity index (χ1n) is 7.85. The number of pyridine rings is 1. The van der Waals surface area contributed by atoms with Crippen molar-refractivity contribution in [2.24, 2.45) is 5.73 Å². The number of hydrogen-bond donors (Lipinski definition) is 3. The van der Waals surface area contributed by atoms with Gasteiger partial charge in [0.2, 0.25) is 5.91 Å². The van der Waals surface area contributed by atoms with E-state index >= 15 is 0 Å². The molecular weight excluding hydrogens is 375 g/mol. The first-order chi connectivity index (χ1) is 11.4. The van der Waals surface area contributed by atoms with Gasteiger partial charge >= 0.3 is 0 Å². The standard InChI is InChI=1S/C18H22N4O2.2ClH/c1-3-10-18(2,19)17(24)21-14-8-6-7-13(12-14)16(23)22-15-9-4-5-11-20-15;;/h4-9,11-12H,3,10,19H2,1-2H3,(H,21,24)(H,20,22,23);2*1H. The molecule has 0 radical (unpaired) electrons. The Morgan fingerprint density at radius 2 is 1.85 bits per heavy atom. The van der Waals surface area contributed by atoms with E-state index in [0.717, 1.165) is 6.42 Å². The van der Waals surface area contributed by atoms with Crippen molar-refractivity contribution in [3.05, 3.63) is 54.2 Å². The molecule has 4 N–H and O–H groups in total. The van der Waals surface area contributed by atoms with Gasteiger partial charge in [-0.05, 0) is 43.7 Å². The Kier molecular flexibility index (Phi) is 9.86. The first kappa shape index (κ1) is 23.9. The van der Waals surface area contributed by atoms with E-state index in [1.54, 1.807) is 55.6 Å². The lowest BCUT2D eigenvalue weighted by Gasteiger charge is -2.22. The minimum absolute atomic E-state index is 0. The molecule has 2 rings (SSSR count). The number of nitrogens with one attached hydrogen (secondary N) is 2. The summed E-state index contributed by atoms with van der Waals surface area (Å²) in [4.78, 5) is 28.6. The maximum absolute atomic E-state index is 12.3. The molecule has 0 saturated heterocycles. The van der Waals surface area contributed by atoms with E-state index < -0.39 is 5.54 Å². The molecule has 2 amide bonds. The van der Waals surface area contributed by atoms with Gasteiger partial charge in [0.15, 0.2) is 0 Å². The number of halogens is 2. The van der Waals surface area contributed by atoms with Crippen LogP contribution in [0, 0.1) is 0 Å². The zero-order valence-electron chi connectivity index (χ0n) is 14.7. The molecule has 1 atom stereocenters. The second-order valence-electron chi connectivity index (χ2n) is 5.87. The lowest BCUT2D eigenvalue weighted by atomic mass is 9.96. The molecule has 8 heteroatoms. The van der Waals surface area contributed by atoms with Crippen LogP contribution in [-0.4, -0.2) is 22.3 Å². The van der Waals surface area contributed by atoms with E-state index in [9.17, 15) is 9.59 Å². The fourth-order valence-electron chi connectivity index (χ4n) is 2.27. The monoisotopic (exact) mass is 398 g/mol. The van der Waals surface area contributed by atoms with Crippen molar-refractivity contribution in [2.75, 3.05) is 10.6 Å². The number of carbonyl (C=O) groups is 2. The Balaban J connectivity index is 0.00000312. The zero-order chi connectivity index (χ0) is 17.6. The molecule has 0 aliphatic heterocycles. The van der Waals surface area contributed by atoms with Crippen LogP contribution in [0.4, 0.5) is 11.5 Å². The van der Waals surface area contributed by atoms with Crippen LogP contribution in [0.3, 0.4) is 0 Å². The number of benzene rings is 1. The number of nitrogens with two attached hydrogens (primary N) is 1. The second-order valence-corrected chi connectivity index (χ2v) is 5.87. The van der Waals surface area contributed by atoms with E-state index in [4.69, 9.17) is 5.73 Å². The molecule has 142 valence electrons. The van der Waals surface area contributed by atoms with Crippen LogP contribution in [0.1, 0.15) is 37.0 Å². The van der Waals surface area contributed by atoms with Gasteiger partial charge in [0.1, 0.15) is 5.82 Å². The Hall–Kier alpha value is -2.15. The highest BCUT2D eigenvalue weighted by Crippen LogP contribution is 2.16. The molecule has 0 aliphatic rings. The smallest absolute Gasteiger partial charge is 0.256 e. The van der Waals surface area contributed by atoms with Gasteiger partial charge in [-0.2, -0.15) is 0 Å². The molecule has 6 nitrogen and oxygen atoms in total. The van der Waals surface area contributed by atoms with Gasteiger partial charge in [-0.15, -0.1) is 24.8 Å². The normalized spacial score (nSPS) is 12.0. The van der Waals surface area contributed by atoms with Crippen LogP contribution in [0.2, 0.25) is 0 Å². The lowest BCUT2D eigenvalue weighted by molar-refractivity contribution is -0.120. The topological polar surface area (TPSA) is 97.1 Å². The van der Waals surface area contributed by atoms with Crippen LogP contribution in [0.5, 0.6) is 0 Å². The Morgan fingerprint density at radius 1 is 1.12 bits per heavy atom. The van der Waals surface area contributed by atoms with Gasteiger partial charge in [-0.25, -0.2) is 4.98 Å². The third-order valence-electron chi connectivity index (χ3n) is 3.58. The molecule has 0 fully saturated rings. The summed E-state index contributed by atoms with van der Waals surface area (Å²) in [7, 11) is 0. The Labute approximate surface area is 165 Å². The highest BCUT2D eigenvalue weighted by molar-refractivity contribution is 6.05. The maximum atomic E-state index is 12.3. The molecule has 0 spiro atoms. The molecule has 1 heterocycles. The van der Waals surface area contributed by atoms with E-state index in [0.29, 0.717) is 23.5 Å². The van der Waals surface area contributed by atoms with Crippen molar-refractivity contribution in [3.8, 4) is 0 Å². The summed E-state index contributed by atoms with van der Waals surface area (Å²) in [6.45, 7) is 3.67. The quantitative estimate of drug-likeness (QED) is 0.691. The Morgan fingerprint density at radius 3 is 2.46 bits per heavy atom. The van der Waals surface area contributed by atoms with Crippen LogP contribution < -0.4 is 16.4 Å². The van der Waals surface area contributed by atoms with Crippen molar-refractivity contribution in [3.63, 3.8) is 0 Å². The van der Waals surface area contributed by atoms with Gasteiger partial charge in [-0.1, -0.05) is 25.5 Å². The molecule has 26 heavy (non-hydrogen) atoms. The van der Waals surface area contributed by atoms with Crippen molar-refractivity contribution in [2.45, 2.75) is 32.2 Å². The summed E-state index contributed by atoms with van der Waals surface area (Å²) in [5, 5.41) is 5.47. The Bertz CT molecular complexity index is 724. The van der Waals surface area contributed by atoms with E-state index in [2.05, 4.69) is 15.6 Å². The second kappa shape index (κ2) is 10.8. The van der Waals surface area contributed by atoms with Crippen LogP contribution in [0.25, 0.3) is 0 Å². The minimum atomic E-state index is -0.943. The fraction of sp³-hybridized carbons (Fsp3) is 0.278. The van der Waals surface area contributed by atoms with Gasteiger partial charge in [0.05, 0.1) is 5.54 Å². The van der Waals surface area contributed by atoms with Crippen LogP contribution >= 0.6 is 24.8 Å². The predicted molar refractivity (Wildman–Crippen MR) is 109 cm³/mol. The van der Waals surface area contributed by atoms with E-state index in [1.165, 1.54) is 0 Å². The zero-order valence-corrected chi connectivity index (χ0v) is 16.3. The minimum Gasteiger partial charge on any atom is -0.324 e. The van der Waals surface area contributed by atoms with Gasteiger partial charge in [0, 0.05) is 17.4 Å². The van der Waals surface area contributed by atoms with Gasteiger partial charge in [-0.3, -0.25) is 9.59 Å². The number of nitrogens with zero attached hydrogens (tertiary/aromatic N) is 1. The molecular formula is C18H24Cl2N4O2. The number of carbonyl (C=O) groups excluding carboxylic acids is 2. The highest BCUT2D eigenvalue weighted by atomic mass is 35.5. The summed E-state index contributed by atoms with van der Waals surface area (Å²) in [5.74, 6) is -0.102. The summed E-state index contributed by atoms with van der Waals surface area (Å²) >= 11 is 0. The lowest BCUT2D eigenvalue weighted by Crippen LogP contribution is -2.48. The summed E-state index contributed by atoms with van der Waals surface area (Å²) in [6, 6.07) is 12.0. The largest absolute Gasteiger partial charge is 0.324 e. The molecule has 1 aromatic heterocycles. The van der Waals surface area contributed by atoms with Crippen LogP contribution in [-0.2, 0) is 4.79 Å². The number of hydrogen-bond acceptors (Lipinski definition) is 4. The van der Waals surface area contributed by atoms with Crippen molar-refractivity contribution < 1.29 is 9.59 Å². The predicted octanol–water partition coefficient (Wildman–Crippen LogP) is 3.63. The summed E-state index contributed by atoms with van der Waals surface area (Å²) in [5.41, 5.74) is 6.03. The van der Waals surface area contributed by atoms with Crippen molar-refractivity contribution in [1.82, 2.24) is 4.98 Å². The molecule has 0 saturated carbocycles. The SMILES string of the molecule is CCCC(C)(N)C(=O)Nc1cccc(C(=O)Nc2ccccn2)c1.Cl.Cl. The van der Waals surface area contributed by atoms with E-state index in [-0.39, 0.29) is 36.6 Å². The number of aromatic nitrogens is 1. The number of anilines is 2. The third-order valence-corrected chi connectivity index (χ3v) is 3.58. The maximum Gasteiger partial charge on any atom is 0.256 e. The van der Waals surface area contributed by atoms with E-state index in [1.807, 2.05) is 6.92 Å². The van der Waals surface area contributed by atoms with Crippen molar-refractivity contribution >= 4 is 48.1 Å². The van der Waals surface area contributed by atoms with Gasteiger partial charge < -0.3 is 16.4 Å². The fourth-order valence-corrected chi connectivity index (χ4v) is 2.27. The molecule has 1 unspecified atom stereocenters.